The van der Waals surface area contributed by atoms with Crippen molar-refractivity contribution < 1.29 is 29.2 Å². The number of benzene rings is 1. The number of nitrogens with two attached hydrogens (primary N) is 2. The SMILES string of the molecule is CCc1c(C)cccc1C(=O)NC1C[N+]2=C(N)N[C@@H](CN3C(=O)CCC3=O)[C@@H]3N=C(N)N[C@@]32C1(O)O. The zero-order valence-electron chi connectivity index (χ0n) is 20.1. The molecule has 2 fully saturated rings. The molecule has 1 aromatic rings. The summed E-state index contributed by atoms with van der Waals surface area (Å²) < 4.78 is 1.48. The van der Waals surface area contributed by atoms with Gasteiger partial charge in [-0.15, -0.1) is 0 Å². The summed E-state index contributed by atoms with van der Waals surface area (Å²) in [5.41, 5.74) is 12.9. The molecule has 4 aliphatic heterocycles. The van der Waals surface area contributed by atoms with Gasteiger partial charge in [0.1, 0.15) is 18.1 Å². The number of aryl methyl sites for hydroxylation is 1. The molecule has 4 atom stereocenters. The molecule has 36 heavy (non-hydrogen) atoms. The van der Waals surface area contributed by atoms with Gasteiger partial charge in [-0.3, -0.25) is 30.3 Å². The van der Waals surface area contributed by atoms with Gasteiger partial charge in [-0.25, -0.2) is 9.57 Å². The highest BCUT2D eigenvalue weighted by atomic mass is 16.5. The van der Waals surface area contributed by atoms with Gasteiger partial charge < -0.3 is 26.6 Å². The van der Waals surface area contributed by atoms with Crippen molar-refractivity contribution in [3.05, 3.63) is 34.9 Å². The van der Waals surface area contributed by atoms with Gasteiger partial charge in [-0.2, -0.15) is 0 Å². The van der Waals surface area contributed by atoms with Crippen molar-refractivity contribution >= 4 is 29.6 Å². The van der Waals surface area contributed by atoms with Crippen LogP contribution in [0.3, 0.4) is 0 Å². The highest BCUT2D eigenvalue weighted by molar-refractivity contribution is 6.02. The largest absolute Gasteiger partial charge is 0.370 e. The standard InChI is InChI=1S/C23H30N8O5/c1-3-12-11(2)5-4-6-13(12)19(34)27-15-10-31-21(25)26-14(9-30-16(32)7-8-17(30)33)18-22(31,23(15,35)36)29-20(24)28-18/h4-6,14-15,18,35-36H,3,7-10H2,1-2H3,(H6,24,25,26,27,28,29,34)/p+1/t14-,15?,18-,22-/m0/s1. The van der Waals surface area contributed by atoms with E-state index >= 15 is 0 Å². The molecule has 1 spiro atoms. The number of hydrogen-bond acceptors (Lipinski definition) is 10. The molecule has 0 aromatic heterocycles. The first kappa shape index (κ1) is 24.0. The Morgan fingerprint density at radius 2 is 1.97 bits per heavy atom. The van der Waals surface area contributed by atoms with E-state index in [0.717, 1.165) is 16.0 Å². The van der Waals surface area contributed by atoms with Gasteiger partial charge in [0.2, 0.25) is 23.3 Å². The van der Waals surface area contributed by atoms with E-state index in [1.54, 1.807) is 12.1 Å². The van der Waals surface area contributed by atoms with Crippen LogP contribution in [-0.2, 0) is 16.0 Å². The Hall–Kier alpha value is -3.71. The zero-order chi connectivity index (χ0) is 26.0. The van der Waals surface area contributed by atoms with Crippen LogP contribution in [0.2, 0.25) is 0 Å². The molecule has 4 aliphatic rings. The molecule has 0 radical (unpaired) electrons. The summed E-state index contributed by atoms with van der Waals surface area (Å²) in [5.74, 6) is -3.67. The number of carbonyl (C=O) groups is 3. The molecular weight excluding hydrogens is 468 g/mol. The fraction of sp³-hybridized carbons (Fsp3) is 0.522. The van der Waals surface area contributed by atoms with E-state index in [2.05, 4.69) is 20.9 Å². The van der Waals surface area contributed by atoms with Gasteiger partial charge in [0.25, 0.3) is 5.91 Å². The van der Waals surface area contributed by atoms with Crippen LogP contribution >= 0.6 is 0 Å². The molecule has 9 N–H and O–H groups in total. The second-order valence-corrected chi connectivity index (χ2v) is 9.70. The summed E-state index contributed by atoms with van der Waals surface area (Å²) in [4.78, 5) is 43.3. The van der Waals surface area contributed by atoms with Gasteiger partial charge in [-0.1, -0.05) is 19.1 Å². The van der Waals surface area contributed by atoms with Crippen LogP contribution in [0, 0.1) is 6.92 Å². The van der Waals surface area contributed by atoms with Gasteiger partial charge in [0.15, 0.2) is 5.96 Å². The summed E-state index contributed by atoms with van der Waals surface area (Å²) in [7, 11) is 0. The smallest absolute Gasteiger partial charge is 0.346 e. The van der Waals surface area contributed by atoms with Crippen molar-refractivity contribution in [2.24, 2.45) is 16.5 Å². The van der Waals surface area contributed by atoms with Crippen LogP contribution < -0.4 is 27.4 Å². The summed E-state index contributed by atoms with van der Waals surface area (Å²) in [5, 5.41) is 31.8. The number of hydrogen-bond donors (Lipinski definition) is 7. The molecule has 13 nitrogen and oxygen atoms in total. The van der Waals surface area contributed by atoms with Crippen molar-refractivity contribution in [3.8, 4) is 0 Å². The first-order valence-corrected chi connectivity index (χ1v) is 12.0. The molecule has 1 unspecified atom stereocenters. The van der Waals surface area contributed by atoms with Crippen LogP contribution in [0.5, 0.6) is 0 Å². The Morgan fingerprint density at radius 1 is 1.28 bits per heavy atom. The lowest BCUT2D eigenvalue weighted by Gasteiger charge is -2.44. The van der Waals surface area contributed by atoms with Gasteiger partial charge in [0.05, 0.1) is 13.1 Å². The van der Waals surface area contributed by atoms with E-state index in [4.69, 9.17) is 11.5 Å². The molecular formula is C23H31N8O5+. The minimum absolute atomic E-state index is 0.0584. The fourth-order valence-corrected chi connectivity index (χ4v) is 5.95. The Kier molecular flexibility index (Phi) is 5.45. The normalized spacial score (nSPS) is 30.5. The van der Waals surface area contributed by atoms with Gasteiger partial charge in [0, 0.05) is 18.4 Å². The van der Waals surface area contributed by atoms with E-state index in [1.807, 2.05) is 19.9 Å². The van der Waals surface area contributed by atoms with Gasteiger partial charge >= 0.3 is 5.96 Å². The summed E-state index contributed by atoms with van der Waals surface area (Å²) >= 11 is 0. The second-order valence-electron chi connectivity index (χ2n) is 9.70. The molecule has 5 rings (SSSR count). The minimum Gasteiger partial charge on any atom is -0.370 e. The quantitative estimate of drug-likeness (QED) is 0.124. The van der Waals surface area contributed by atoms with Crippen molar-refractivity contribution in [1.29, 1.82) is 0 Å². The summed E-state index contributed by atoms with van der Waals surface area (Å²) in [6.45, 7) is 3.72. The number of carbonyl (C=O) groups excluding carboxylic acids is 3. The predicted molar refractivity (Wildman–Crippen MR) is 127 cm³/mol. The Bertz CT molecular complexity index is 1210. The van der Waals surface area contributed by atoms with Crippen molar-refractivity contribution in [3.63, 3.8) is 0 Å². The molecule has 0 saturated carbocycles. The third kappa shape index (κ3) is 3.26. The Morgan fingerprint density at radius 3 is 2.64 bits per heavy atom. The van der Waals surface area contributed by atoms with E-state index in [0.29, 0.717) is 12.0 Å². The van der Waals surface area contributed by atoms with Crippen LogP contribution in [-0.4, -0.2) is 92.0 Å². The lowest BCUT2D eigenvalue weighted by Crippen LogP contribution is -2.79. The molecule has 0 aliphatic carbocycles. The molecule has 3 amide bonds. The van der Waals surface area contributed by atoms with Crippen molar-refractivity contribution in [1.82, 2.24) is 20.9 Å². The van der Waals surface area contributed by atoms with Crippen molar-refractivity contribution in [2.75, 3.05) is 13.1 Å². The van der Waals surface area contributed by atoms with E-state index < -0.39 is 35.5 Å². The number of likely N-dealkylation sites (tertiary alicyclic amines) is 1. The number of nitrogens with zero attached hydrogens (tertiary/aromatic N) is 3. The lowest BCUT2D eigenvalue weighted by atomic mass is 9.85. The lowest BCUT2D eigenvalue weighted by molar-refractivity contribution is -0.623. The molecule has 192 valence electrons. The maximum atomic E-state index is 13.3. The number of imide groups is 1. The van der Waals surface area contributed by atoms with E-state index in [-0.39, 0.29) is 49.7 Å². The van der Waals surface area contributed by atoms with Crippen LogP contribution in [0.1, 0.15) is 41.3 Å². The summed E-state index contributed by atoms with van der Waals surface area (Å²) in [6.07, 6.45) is 0.869. The average Bonchev–Trinajstić information content (AvgIpc) is 3.41. The zero-order valence-corrected chi connectivity index (χ0v) is 20.1. The van der Waals surface area contributed by atoms with Gasteiger partial charge in [-0.05, 0) is 30.5 Å². The third-order valence-electron chi connectivity index (χ3n) is 7.72. The van der Waals surface area contributed by atoms with E-state index in [1.165, 1.54) is 4.58 Å². The maximum Gasteiger partial charge on any atom is 0.346 e. The Labute approximate surface area is 207 Å². The number of aliphatic imine (C=N–C) groups is 1. The number of aliphatic hydroxyl groups is 2. The molecule has 13 heteroatoms. The van der Waals surface area contributed by atoms with Crippen LogP contribution in [0.15, 0.2) is 23.2 Å². The summed E-state index contributed by atoms with van der Waals surface area (Å²) in [6, 6.07) is 2.50. The topological polar surface area (TPSA) is 198 Å². The average molecular weight is 500 g/mol. The molecule has 2 saturated heterocycles. The number of guanidine groups is 2. The second kappa shape index (κ2) is 8.17. The van der Waals surface area contributed by atoms with Crippen LogP contribution in [0.25, 0.3) is 0 Å². The minimum atomic E-state index is -2.59. The van der Waals surface area contributed by atoms with Crippen LogP contribution in [0.4, 0.5) is 0 Å². The maximum absolute atomic E-state index is 13.3. The highest BCUT2D eigenvalue weighted by Gasteiger charge is 2.75. The monoisotopic (exact) mass is 499 g/mol. The first-order valence-electron chi connectivity index (χ1n) is 12.0. The molecule has 1 aromatic carbocycles. The number of amides is 3. The fourth-order valence-electron chi connectivity index (χ4n) is 5.95. The molecule has 4 heterocycles. The number of nitrogens with one attached hydrogen (secondary N) is 3. The van der Waals surface area contributed by atoms with E-state index in [9.17, 15) is 24.6 Å². The first-order chi connectivity index (χ1) is 17.0. The van der Waals surface area contributed by atoms with Crippen molar-refractivity contribution in [2.45, 2.75) is 62.7 Å². The predicted octanol–water partition coefficient (Wildman–Crippen LogP) is -3.22. The third-order valence-corrected chi connectivity index (χ3v) is 7.72. The number of rotatable bonds is 5. The highest BCUT2D eigenvalue weighted by Crippen LogP contribution is 2.41. The Balaban J connectivity index is 1.48. The molecule has 0 bridgehead atoms.